The highest BCUT2D eigenvalue weighted by atomic mass is 32.2. The first-order valence-electron chi connectivity index (χ1n) is 7.61. The quantitative estimate of drug-likeness (QED) is 0.858. The van der Waals surface area contributed by atoms with Crippen molar-refractivity contribution in [3.05, 3.63) is 65.7 Å². The smallest absolute Gasteiger partial charge is 0.253 e. The van der Waals surface area contributed by atoms with Crippen molar-refractivity contribution in [3.8, 4) is 6.07 Å². The third-order valence-corrected chi connectivity index (χ3v) is 6.40. The number of amides is 1. The molecule has 5 nitrogen and oxygen atoms in total. The fourth-order valence-electron chi connectivity index (χ4n) is 2.84. The van der Waals surface area contributed by atoms with Gasteiger partial charge in [-0.3, -0.25) is 4.79 Å². The Balaban J connectivity index is 1.75. The van der Waals surface area contributed by atoms with Crippen molar-refractivity contribution in [3.63, 3.8) is 0 Å². The molecule has 2 aromatic rings. The lowest BCUT2D eigenvalue weighted by Gasteiger charge is -2.17. The van der Waals surface area contributed by atoms with E-state index in [1.54, 1.807) is 59.5 Å². The number of benzene rings is 2. The maximum Gasteiger partial charge on any atom is 0.253 e. The largest absolute Gasteiger partial charge is 0.337 e. The third-order valence-electron chi connectivity index (χ3n) is 4.20. The topological polar surface area (TPSA) is 78.2 Å². The Morgan fingerprint density at radius 2 is 1.75 bits per heavy atom. The van der Waals surface area contributed by atoms with Crippen LogP contribution in [0.3, 0.4) is 0 Å². The van der Waals surface area contributed by atoms with E-state index < -0.39 is 15.1 Å². The molecule has 0 spiro atoms. The van der Waals surface area contributed by atoms with Crippen LogP contribution in [0.25, 0.3) is 0 Å². The number of nitriles is 1. The zero-order valence-electron chi connectivity index (χ0n) is 12.9. The van der Waals surface area contributed by atoms with E-state index in [0.29, 0.717) is 29.0 Å². The highest BCUT2D eigenvalue weighted by Gasteiger charge is 2.36. The van der Waals surface area contributed by atoms with Gasteiger partial charge in [0, 0.05) is 18.7 Å². The van der Waals surface area contributed by atoms with Crippen molar-refractivity contribution in [2.45, 2.75) is 16.6 Å². The molecule has 1 aliphatic heterocycles. The van der Waals surface area contributed by atoms with Crippen LogP contribution in [0.2, 0.25) is 0 Å². The van der Waals surface area contributed by atoms with E-state index in [1.165, 1.54) is 0 Å². The van der Waals surface area contributed by atoms with E-state index in [2.05, 4.69) is 0 Å². The maximum atomic E-state index is 12.6. The number of carbonyl (C=O) groups excluding carboxylic acids is 1. The van der Waals surface area contributed by atoms with Crippen molar-refractivity contribution < 1.29 is 13.2 Å². The lowest BCUT2D eigenvalue weighted by atomic mass is 10.1. The van der Waals surface area contributed by atoms with Crippen LogP contribution < -0.4 is 0 Å². The van der Waals surface area contributed by atoms with Gasteiger partial charge in [-0.15, -0.1) is 0 Å². The molecule has 0 unspecified atom stereocenters. The molecule has 2 aromatic carbocycles. The minimum atomic E-state index is -3.43. The molecule has 1 saturated heterocycles. The van der Waals surface area contributed by atoms with Crippen LogP contribution in [0.5, 0.6) is 0 Å². The van der Waals surface area contributed by atoms with Gasteiger partial charge in [0.05, 0.1) is 21.8 Å². The van der Waals surface area contributed by atoms with Gasteiger partial charge in [0.2, 0.25) is 0 Å². The van der Waals surface area contributed by atoms with Gasteiger partial charge in [-0.05, 0) is 42.8 Å². The predicted molar refractivity (Wildman–Crippen MR) is 89.1 cm³/mol. The van der Waals surface area contributed by atoms with Gasteiger partial charge in [-0.25, -0.2) is 8.42 Å². The van der Waals surface area contributed by atoms with Crippen LogP contribution in [0.15, 0.2) is 59.5 Å². The number of carbonyl (C=O) groups is 1. The van der Waals surface area contributed by atoms with Crippen LogP contribution in [0.4, 0.5) is 0 Å². The Kier molecular flexibility index (Phi) is 4.36. The van der Waals surface area contributed by atoms with E-state index >= 15 is 0 Å². The molecular formula is C18H16N2O3S. The second kappa shape index (κ2) is 6.46. The van der Waals surface area contributed by atoms with Gasteiger partial charge in [0.15, 0.2) is 9.84 Å². The third kappa shape index (κ3) is 3.03. The highest BCUT2D eigenvalue weighted by Crippen LogP contribution is 2.25. The van der Waals surface area contributed by atoms with E-state index in [1.807, 2.05) is 6.07 Å². The van der Waals surface area contributed by atoms with Gasteiger partial charge in [-0.2, -0.15) is 5.26 Å². The highest BCUT2D eigenvalue weighted by molar-refractivity contribution is 7.92. The summed E-state index contributed by atoms with van der Waals surface area (Å²) >= 11 is 0. The number of hydrogen-bond donors (Lipinski definition) is 0. The van der Waals surface area contributed by atoms with E-state index in [9.17, 15) is 13.2 Å². The van der Waals surface area contributed by atoms with E-state index in [-0.39, 0.29) is 12.5 Å². The first-order chi connectivity index (χ1) is 11.5. The fourth-order valence-corrected chi connectivity index (χ4v) is 4.55. The summed E-state index contributed by atoms with van der Waals surface area (Å²) in [6.45, 7) is 0.603. The van der Waals surface area contributed by atoms with E-state index in [4.69, 9.17) is 5.26 Å². The van der Waals surface area contributed by atoms with Gasteiger partial charge in [0.1, 0.15) is 0 Å². The fraction of sp³-hybridized carbons (Fsp3) is 0.222. The summed E-state index contributed by atoms with van der Waals surface area (Å²) in [5, 5.41) is 8.22. The normalized spacial score (nSPS) is 17.5. The van der Waals surface area contributed by atoms with Crippen molar-refractivity contribution in [2.75, 3.05) is 13.1 Å². The Morgan fingerprint density at radius 1 is 1.08 bits per heavy atom. The standard InChI is InChI=1S/C18H16N2O3S/c19-12-14-6-8-15(9-7-14)18(21)20-11-10-17(13-20)24(22,23)16-4-2-1-3-5-16/h1-9,17H,10-11,13H2/t17-/m0/s1. The Labute approximate surface area is 141 Å². The van der Waals surface area contributed by atoms with Gasteiger partial charge < -0.3 is 4.90 Å². The zero-order valence-corrected chi connectivity index (χ0v) is 13.7. The summed E-state index contributed by atoms with van der Waals surface area (Å²) < 4.78 is 25.3. The van der Waals surface area contributed by atoms with Crippen molar-refractivity contribution in [1.82, 2.24) is 4.90 Å². The summed E-state index contributed by atoms with van der Waals surface area (Å²) in [6.07, 6.45) is 0.430. The number of likely N-dealkylation sites (tertiary alicyclic amines) is 1. The molecule has 122 valence electrons. The van der Waals surface area contributed by atoms with Crippen LogP contribution in [-0.4, -0.2) is 37.6 Å². The second-order valence-electron chi connectivity index (χ2n) is 5.71. The minimum absolute atomic E-state index is 0.191. The lowest BCUT2D eigenvalue weighted by Crippen LogP contribution is -2.31. The second-order valence-corrected chi connectivity index (χ2v) is 7.94. The van der Waals surface area contributed by atoms with Crippen LogP contribution in [0, 0.1) is 11.3 Å². The van der Waals surface area contributed by atoms with Crippen LogP contribution >= 0.6 is 0 Å². The minimum Gasteiger partial charge on any atom is -0.337 e. The summed E-state index contributed by atoms with van der Waals surface area (Å²) in [4.78, 5) is 14.4. The molecule has 6 heteroatoms. The molecule has 0 aliphatic carbocycles. The first kappa shape index (κ1) is 16.2. The molecule has 0 saturated carbocycles. The molecule has 1 heterocycles. The van der Waals surface area contributed by atoms with Crippen molar-refractivity contribution in [2.24, 2.45) is 0 Å². The first-order valence-corrected chi connectivity index (χ1v) is 9.15. The number of rotatable bonds is 3. The zero-order chi connectivity index (χ0) is 17.2. The summed E-state index contributed by atoms with van der Waals surface area (Å²) in [7, 11) is -3.43. The molecule has 1 aliphatic rings. The lowest BCUT2D eigenvalue weighted by molar-refractivity contribution is 0.0793. The maximum absolute atomic E-state index is 12.6. The summed E-state index contributed by atoms with van der Waals surface area (Å²) in [5.41, 5.74) is 0.948. The molecular weight excluding hydrogens is 324 g/mol. The Hall–Kier alpha value is -2.65. The molecule has 0 radical (unpaired) electrons. The molecule has 0 aromatic heterocycles. The van der Waals surface area contributed by atoms with Crippen molar-refractivity contribution in [1.29, 1.82) is 5.26 Å². The Bertz CT molecular complexity index is 884. The van der Waals surface area contributed by atoms with Gasteiger partial charge in [0.25, 0.3) is 5.91 Å². The number of sulfone groups is 1. The average molecular weight is 340 g/mol. The summed E-state index contributed by atoms with van der Waals surface area (Å²) in [5.74, 6) is -0.203. The molecule has 3 rings (SSSR count). The van der Waals surface area contributed by atoms with E-state index in [0.717, 1.165) is 0 Å². The molecule has 1 atom stereocenters. The summed E-state index contributed by atoms with van der Waals surface area (Å²) in [6, 6.07) is 16.7. The molecule has 0 bridgehead atoms. The van der Waals surface area contributed by atoms with Crippen LogP contribution in [-0.2, 0) is 9.84 Å². The monoisotopic (exact) mass is 340 g/mol. The SMILES string of the molecule is N#Cc1ccc(C(=O)N2CC[C@H](S(=O)(=O)c3ccccc3)C2)cc1. The molecule has 1 amide bonds. The number of hydrogen-bond acceptors (Lipinski definition) is 4. The van der Waals surface area contributed by atoms with Crippen LogP contribution in [0.1, 0.15) is 22.3 Å². The molecule has 0 N–H and O–H groups in total. The molecule has 24 heavy (non-hydrogen) atoms. The average Bonchev–Trinajstić information content (AvgIpc) is 3.13. The number of nitrogens with zero attached hydrogens (tertiary/aromatic N) is 2. The van der Waals surface area contributed by atoms with Gasteiger partial charge >= 0.3 is 0 Å². The predicted octanol–water partition coefficient (Wildman–Crippen LogP) is 2.25. The van der Waals surface area contributed by atoms with Crippen molar-refractivity contribution >= 4 is 15.7 Å². The Morgan fingerprint density at radius 3 is 2.38 bits per heavy atom. The molecule has 1 fully saturated rings. The van der Waals surface area contributed by atoms with Gasteiger partial charge in [-0.1, -0.05) is 18.2 Å².